The second kappa shape index (κ2) is 11.9. The summed E-state index contributed by atoms with van der Waals surface area (Å²) in [7, 11) is 0. The molecule has 0 amide bonds. The van der Waals surface area contributed by atoms with E-state index in [1.165, 1.54) is 4.41 Å². The van der Waals surface area contributed by atoms with Crippen molar-refractivity contribution in [2.45, 2.75) is 23.7 Å². The van der Waals surface area contributed by atoms with Crippen LogP contribution in [0.1, 0.15) is 6.42 Å². The average molecular weight is 268 g/mol. The molecule has 1 nitrogen and oxygen atoms in total. The van der Waals surface area contributed by atoms with Crippen molar-refractivity contribution in [1.29, 1.82) is 5.26 Å². The molecule has 68 valence electrons. The Morgan fingerprint density at radius 1 is 1.42 bits per heavy atom. The molecular weight excluding hydrogens is 253 g/mol. The third kappa shape index (κ3) is 13.5. The van der Waals surface area contributed by atoms with Crippen molar-refractivity contribution in [3.63, 3.8) is 0 Å². The van der Waals surface area contributed by atoms with Crippen LogP contribution < -0.4 is 18.9 Å². The molecule has 4 heteroatoms. The molecule has 0 atom stereocenters. The van der Waals surface area contributed by atoms with Crippen molar-refractivity contribution in [1.82, 2.24) is 0 Å². The van der Waals surface area contributed by atoms with Crippen LogP contribution >= 0.6 is 0 Å². The van der Waals surface area contributed by atoms with Gasteiger partial charge in [-0.1, -0.05) is 0 Å². The van der Waals surface area contributed by atoms with E-state index in [0.717, 1.165) is 6.42 Å². The van der Waals surface area contributed by atoms with Gasteiger partial charge < -0.3 is 11.8 Å². The first kappa shape index (κ1) is 23.1. The second-order valence-electron chi connectivity index (χ2n) is 3.10. The summed E-state index contributed by atoms with van der Waals surface area (Å²) in [5.41, 5.74) is 0. The predicted molar refractivity (Wildman–Crippen MR) is 47.4 cm³/mol. The van der Waals surface area contributed by atoms with Gasteiger partial charge in [0.15, 0.2) is 0 Å². The van der Waals surface area contributed by atoms with Gasteiger partial charge in [0.05, 0.1) is 0 Å². The van der Waals surface area contributed by atoms with Crippen molar-refractivity contribution < 1.29 is 35.9 Å². The van der Waals surface area contributed by atoms with Crippen molar-refractivity contribution in [3.05, 3.63) is 24.5 Å². The Kier molecular flexibility index (Phi) is 22.8. The monoisotopic (exact) mass is 269 g/mol. The van der Waals surface area contributed by atoms with Crippen LogP contribution in [0.2, 0.25) is 17.3 Å². The Balaban J connectivity index is -0.0000000740. The van der Waals surface area contributed by atoms with Gasteiger partial charge in [-0.25, -0.2) is 0 Å². The molecule has 0 N–H and O–H groups in total. The molecule has 0 saturated heterocycles. The van der Waals surface area contributed by atoms with Gasteiger partial charge in [-0.05, 0) is 0 Å². The second-order valence-corrected chi connectivity index (χ2v) is 14.0. The van der Waals surface area contributed by atoms with Crippen molar-refractivity contribution in [2.75, 3.05) is 0 Å². The van der Waals surface area contributed by atoms with Crippen LogP contribution in [0.3, 0.4) is 0 Å². The number of hydrogen-bond donors (Lipinski definition) is 0. The van der Waals surface area contributed by atoms with Crippen molar-refractivity contribution >= 4 is 13.3 Å². The Morgan fingerprint density at radius 2 is 1.67 bits per heavy atom. The molecule has 0 heterocycles. The number of rotatable bonds is 2. The average Bonchev–Trinajstić information content (AvgIpc) is 1.89. The predicted octanol–water partition coefficient (Wildman–Crippen LogP) is -0.258. The van der Waals surface area contributed by atoms with Crippen LogP contribution in [-0.4, -0.2) is 13.3 Å². The van der Waals surface area contributed by atoms with E-state index in [2.05, 4.69) is 30.8 Å². The summed E-state index contributed by atoms with van der Waals surface area (Å²) in [5.74, 6) is 7.02. The zero-order valence-electron chi connectivity index (χ0n) is 8.37. The third-order valence-corrected chi connectivity index (χ3v) is 6.34. The summed E-state index contributed by atoms with van der Waals surface area (Å²) in [5, 5.41) is 6.25. The Bertz CT molecular complexity index is 129. The number of nitrogens with zero attached hydrogens (tertiary/aromatic N) is 1. The fourth-order valence-electron chi connectivity index (χ4n) is 0.375. The van der Waals surface area contributed by atoms with Crippen LogP contribution in [0, 0.1) is 18.8 Å². The minimum atomic E-state index is -1.46. The van der Waals surface area contributed by atoms with E-state index in [9.17, 15) is 0 Å². The molecule has 0 fully saturated rings. The Labute approximate surface area is 102 Å². The quantitative estimate of drug-likeness (QED) is 0.500. The Hall–Kier alpha value is 0.890. The van der Waals surface area contributed by atoms with Crippen molar-refractivity contribution in [2.24, 2.45) is 0 Å². The summed E-state index contributed by atoms with van der Waals surface area (Å²) in [4.78, 5) is 0. The van der Waals surface area contributed by atoms with Gasteiger partial charge in [-0.15, -0.1) is 0 Å². The van der Waals surface area contributed by atoms with Gasteiger partial charge >= 0.3 is 90.8 Å². The van der Waals surface area contributed by atoms with Gasteiger partial charge in [-0.3, -0.25) is 0 Å². The minimum Gasteiger partial charge on any atom is -0.512 e. The molecule has 0 aromatic heterocycles. The maximum absolute atomic E-state index is 6.25. The van der Waals surface area contributed by atoms with Crippen molar-refractivity contribution in [3.8, 4) is 0 Å². The molecule has 0 spiro atoms. The number of allylic oxidation sites excluding steroid dienone is 1. The zero-order chi connectivity index (χ0) is 8.78. The molecule has 0 saturated carbocycles. The normalized spacial score (nSPS) is 7.83. The topological polar surface area (TPSA) is 23.8 Å². The van der Waals surface area contributed by atoms with Crippen LogP contribution in [0.15, 0.2) is 11.0 Å². The smallest absolute Gasteiger partial charge is 0.512 e. The molecule has 0 bridgehead atoms. The molecule has 12 heavy (non-hydrogen) atoms. The molecule has 0 unspecified atom stereocenters. The van der Waals surface area contributed by atoms with Gasteiger partial charge in [0.1, 0.15) is 0 Å². The van der Waals surface area contributed by atoms with Gasteiger partial charge in [0, 0.05) is 0 Å². The molecule has 0 aliphatic heterocycles. The molecule has 0 aliphatic rings. The van der Waals surface area contributed by atoms with E-state index in [4.69, 9.17) is 11.8 Å². The fraction of sp³-hybridized carbons (Fsp3) is 0.500. The van der Waals surface area contributed by atoms with Crippen LogP contribution in [-0.2, 0) is 17.1 Å². The van der Waals surface area contributed by atoms with E-state index < -0.39 is 13.3 Å². The first-order valence-corrected chi connectivity index (χ1v) is 10.5. The fourth-order valence-corrected chi connectivity index (χ4v) is 1.95. The maximum atomic E-state index is 6.25. The van der Waals surface area contributed by atoms with E-state index in [1.807, 2.05) is 0 Å². The molecule has 0 aromatic rings. The van der Waals surface area contributed by atoms with Gasteiger partial charge in [0.25, 0.3) is 0 Å². The maximum Gasteiger partial charge on any atom is 1.00 e. The summed E-state index contributed by atoms with van der Waals surface area (Å²) >= 11 is -1.46. The first-order valence-electron chi connectivity index (χ1n) is 3.18. The summed E-state index contributed by atoms with van der Waals surface area (Å²) in [6, 6.07) is 0. The standard InChI is InChI=1S/C7H15Ge.CN.Cu.Li/c1-6-7(2)8(3,4)5;1-2;;/h1-2,6H2,3-5H3;;;/q2*-1;2*+1. The SMILES string of the molecule is C=[C](C[CH2-])[Ge]([CH3])([CH3])[CH3].[C-]#N.[Cu+].[Li+]. The van der Waals surface area contributed by atoms with E-state index in [0.29, 0.717) is 0 Å². The zero-order valence-corrected chi connectivity index (χ0v) is 11.4. The summed E-state index contributed by atoms with van der Waals surface area (Å²) < 4.78 is 1.41. The van der Waals surface area contributed by atoms with E-state index in [1.54, 1.807) is 0 Å². The first-order chi connectivity index (χ1) is 4.48. The largest absolute Gasteiger partial charge is 1.00 e. The molecule has 0 aliphatic carbocycles. The molecule has 0 rings (SSSR count). The minimum absolute atomic E-state index is 0. The van der Waals surface area contributed by atoms with Gasteiger partial charge in [0.2, 0.25) is 0 Å². The molecule has 0 aromatic carbocycles. The Morgan fingerprint density at radius 3 is 1.67 bits per heavy atom. The summed E-state index contributed by atoms with van der Waals surface area (Å²) in [6.45, 7) is 12.5. The third-order valence-electron chi connectivity index (χ3n) is 1.36. The van der Waals surface area contributed by atoms with Gasteiger partial charge in [-0.2, -0.15) is 0 Å². The molecule has 0 radical (unpaired) electrons. The van der Waals surface area contributed by atoms with Crippen LogP contribution in [0.25, 0.3) is 0 Å². The van der Waals surface area contributed by atoms with Crippen LogP contribution in [0.4, 0.5) is 0 Å². The number of hydrogen-bond acceptors (Lipinski definition) is 1. The summed E-state index contributed by atoms with van der Waals surface area (Å²) in [6.07, 6.45) is 0.934. The molecular formula is C8H15CuGeLiN. The van der Waals surface area contributed by atoms with Crippen LogP contribution in [0.5, 0.6) is 0 Å². The van der Waals surface area contributed by atoms with E-state index in [-0.39, 0.29) is 35.9 Å². The van der Waals surface area contributed by atoms with E-state index >= 15 is 0 Å².